The van der Waals surface area contributed by atoms with Gasteiger partial charge in [-0.25, -0.2) is 9.64 Å². The van der Waals surface area contributed by atoms with Crippen LogP contribution in [0.5, 0.6) is 0 Å². The van der Waals surface area contributed by atoms with E-state index in [0.29, 0.717) is 17.9 Å². The molecule has 1 aliphatic rings. The molecule has 0 bridgehead atoms. The molecule has 2 rings (SSSR count). The summed E-state index contributed by atoms with van der Waals surface area (Å²) in [5, 5.41) is 3.25. The number of aromatic nitrogens is 1. The van der Waals surface area contributed by atoms with Crippen LogP contribution in [-0.2, 0) is 9.53 Å². The van der Waals surface area contributed by atoms with Crippen molar-refractivity contribution < 1.29 is 9.53 Å². The van der Waals surface area contributed by atoms with E-state index in [9.17, 15) is 4.79 Å². The van der Waals surface area contributed by atoms with Crippen LogP contribution >= 0.6 is 0 Å². The van der Waals surface area contributed by atoms with Crippen molar-refractivity contribution in [3.05, 3.63) is 63.7 Å². The third kappa shape index (κ3) is 3.33. The molecule has 1 aromatic rings. The molecule has 0 spiro atoms. The molecule has 1 N–H and O–H groups in total. The second kappa shape index (κ2) is 7.78. The average Bonchev–Trinajstić information content (AvgIpc) is 2.55. The average molecular weight is 325 g/mol. The first kappa shape index (κ1) is 17.7. The van der Waals surface area contributed by atoms with Gasteiger partial charge in [0.25, 0.3) is 0 Å². The maximum Gasteiger partial charge on any atom is 0.335 e. The second-order valence-corrected chi connectivity index (χ2v) is 5.72. The normalized spacial score (nSPS) is 17.4. The SMILES string of the molecule is [C-]#[N+]C1=C(C)NC(CCC)=C(C(=O)OCC)C1c1cccnc1C. The van der Waals surface area contributed by atoms with E-state index in [4.69, 9.17) is 11.3 Å². The standard InChI is InChI=1S/C19H23N3O2/c1-6-9-15-17(19(23)24-7-2)16(18(20-5)13(4)22-15)14-10-8-11-21-12(14)3/h8,10-11,16,22H,6-7,9H2,1-4H3. The highest BCUT2D eigenvalue weighted by Crippen LogP contribution is 2.40. The third-order valence-electron chi connectivity index (χ3n) is 4.08. The Morgan fingerprint density at radius 1 is 1.42 bits per heavy atom. The fourth-order valence-corrected chi connectivity index (χ4v) is 3.04. The van der Waals surface area contributed by atoms with E-state index in [0.717, 1.165) is 35.5 Å². The quantitative estimate of drug-likeness (QED) is 0.660. The number of carbonyl (C=O) groups excluding carboxylic acids is 1. The molecule has 1 aromatic heterocycles. The fourth-order valence-electron chi connectivity index (χ4n) is 3.04. The molecule has 0 saturated carbocycles. The van der Waals surface area contributed by atoms with Crippen molar-refractivity contribution >= 4 is 5.97 Å². The number of ether oxygens (including phenoxy) is 1. The van der Waals surface area contributed by atoms with E-state index in [-0.39, 0.29) is 5.97 Å². The van der Waals surface area contributed by atoms with Gasteiger partial charge in [-0.2, -0.15) is 0 Å². The summed E-state index contributed by atoms with van der Waals surface area (Å²) >= 11 is 0. The number of aryl methyl sites for hydroxylation is 1. The molecule has 2 heterocycles. The van der Waals surface area contributed by atoms with Crippen molar-refractivity contribution in [2.45, 2.75) is 46.5 Å². The molecule has 5 nitrogen and oxygen atoms in total. The summed E-state index contributed by atoms with van der Waals surface area (Å²) in [5.74, 6) is -0.798. The van der Waals surface area contributed by atoms with Crippen LogP contribution < -0.4 is 5.32 Å². The summed E-state index contributed by atoms with van der Waals surface area (Å²) in [6.45, 7) is 15.5. The van der Waals surface area contributed by atoms with E-state index in [1.54, 1.807) is 13.1 Å². The Bertz CT molecular complexity index is 741. The van der Waals surface area contributed by atoms with Gasteiger partial charge in [0.05, 0.1) is 24.7 Å². The minimum Gasteiger partial charge on any atom is -0.463 e. The van der Waals surface area contributed by atoms with E-state index < -0.39 is 5.92 Å². The molecule has 1 unspecified atom stereocenters. The second-order valence-electron chi connectivity index (χ2n) is 5.72. The zero-order valence-electron chi connectivity index (χ0n) is 14.6. The lowest BCUT2D eigenvalue weighted by Crippen LogP contribution is -2.29. The minimum atomic E-state index is -0.432. The Morgan fingerprint density at radius 3 is 2.75 bits per heavy atom. The topological polar surface area (TPSA) is 55.6 Å². The maximum absolute atomic E-state index is 12.7. The van der Waals surface area contributed by atoms with Gasteiger partial charge in [-0.1, -0.05) is 19.4 Å². The summed E-state index contributed by atoms with van der Waals surface area (Å²) in [5.41, 5.74) is 4.38. The Labute approximate surface area is 143 Å². The number of esters is 1. The van der Waals surface area contributed by atoms with E-state index >= 15 is 0 Å². The molecule has 0 aliphatic carbocycles. The predicted octanol–water partition coefficient (Wildman–Crippen LogP) is 3.84. The number of hydrogen-bond acceptors (Lipinski definition) is 4. The van der Waals surface area contributed by atoms with Crippen molar-refractivity contribution in [1.29, 1.82) is 0 Å². The fraction of sp³-hybridized carbons (Fsp3) is 0.421. The molecule has 0 saturated heterocycles. The van der Waals surface area contributed by atoms with Gasteiger partial charge in [0.2, 0.25) is 0 Å². The lowest BCUT2D eigenvalue weighted by molar-refractivity contribution is -0.138. The Balaban J connectivity index is 2.69. The smallest absolute Gasteiger partial charge is 0.335 e. The van der Waals surface area contributed by atoms with Gasteiger partial charge in [0.1, 0.15) is 0 Å². The molecule has 0 amide bonds. The summed E-state index contributed by atoms with van der Waals surface area (Å²) in [6, 6.07) is 3.77. The van der Waals surface area contributed by atoms with Gasteiger partial charge in [0.15, 0.2) is 5.70 Å². The van der Waals surface area contributed by atoms with Crippen LogP contribution in [0.1, 0.15) is 50.8 Å². The molecular weight excluding hydrogens is 302 g/mol. The summed E-state index contributed by atoms with van der Waals surface area (Å²) in [6.07, 6.45) is 3.34. The number of carbonyl (C=O) groups is 1. The van der Waals surface area contributed by atoms with Gasteiger partial charge < -0.3 is 10.1 Å². The van der Waals surface area contributed by atoms with E-state index in [1.165, 1.54) is 0 Å². The van der Waals surface area contributed by atoms with Crippen molar-refractivity contribution in [2.24, 2.45) is 0 Å². The number of hydrogen-bond donors (Lipinski definition) is 1. The number of rotatable bonds is 5. The van der Waals surface area contributed by atoms with Crippen LogP contribution in [0, 0.1) is 13.5 Å². The van der Waals surface area contributed by atoms with Crippen molar-refractivity contribution in [3.63, 3.8) is 0 Å². The van der Waals surface area contributed by atoms with Gasteiger partial charge >= 0.3 is 5.97 Å². The largest absolute Gasteiger partial charge is 0.463 e. The van der Waals surface area contributed by atoms with Gasteiger partial charge in [-0.15, -0.1) is 0 Å². The number of nitrogens with one attached hydrogen (secondary N) is 1. The first-order valence-corrected chi connectivity index (χ1v) is 8.22. The molecule has 0 fully saturated rings. The number of dihydropyridines is 1. The van der Waals surface area contributed by atoms with Gasteiger partial charge in [-0.3, -0.25) is 4.98 Å². The molecule has 5 heteroatoms. The van der Waals surface area contributed by atoms with Crippen LogP contribution in [0.2, 0.25) is 0 Å². The van der Waals surface area contributed by atoms with Crippen LogP contribution in [0.25, 0.3) is 4.85 Å². The van der Waals surface area contributed by atoms with Crippen LogP contribution in [0.3, 0.4) is 0 Å². The van der Waals surface area contributed by atoms with Gasteiger partial charge in [0, 0.05) is 23.3 Å². The highest BCUT2D eigenvalue weighted by Gasteiger charge is 2.36. The molecule has 0 radical (unpaired) electrons. The lowest BCUT2D eigenvalue weighted by Gasteiger charge is -2.30. The Kier molecular flexibility index (Phi) is 5.75. The third-order valence-corrected chi connectivity index (χ3v) is 4.08. The molecule has 1 atom stereocenters. The molecular formula is C19H23N3O2. The first-order chi connectivity index (χ1) is 11.5. The maximum atomic E-state index is 12.7. The van der Waals surface area contributed by atoms with Crippen LogP contribution in [-0.4, -0.2) is 17.6 Å². The number of allylic oxidation sites excluding steroid dienone is 3. The first-order valence-electron chi connectivity index (χ1n) is 8.22. The van der Waals surface area contributed by atoms with Crippen LogP contribution in [0.15, 0.2) is 41.0 Å². The molecule has 1 aliphatic heterocycles. The minimum absolute atomic E-state index is 0.302. The summed E-state index contributed by atoms with van der Waals surface area (Å²) < 4.78 is 5.29. The van der Waals surface area contributed by atoms with Crippen molar-refractivity contribution in [1.82, 2.24) is 10.3 Å². The lowest BCUT2D eigenvalue weighted by atomic mass is 9.82. The number of pyridine rings is 1. The Hall–Kier alpha value is -2.61. The molecule has 126 valence electrons. The highest BCUT2D eigenvalue weighted by molar-refractivity contribution is 5.93. The summed E-state index contributed by atoms with van der Waals surface area (Å²) in [7, 11) is 0. The zero-order valence-corrected chi connectivity index (χ0v) is 14.6. The zero-order chi connectivity index (χ0) is 17.7. The number of nitrogens with zero attached hydrogens (tertiary/aromatic N) is 2. The van der Waals surface area contributed by atoms with Gasteiger partial charge in [-0.05, 0) is 38.8 Å². The monoisotopic (exact) mass is 325 g/mol. The van der Waals surface area contributed by atoms with E-state index in [1.807, 2.05) is 26.0 Å². The van der Waals surface area contributed by atoms with E-state index in [2.05, 4.69) is 22.1 Å². The summed E-state index contributed by atoms with van der Waals surface area (Å²) in [4.78, 5) is 20.7. The molecule has 0 aromatic carbocycles. The van der Waals surface area contributed by atoms with Crippen molar-refractivity contribution in [3.8, 4) is 0 Å². The Morgan fingerprint density at radius 2 is 2.17 bits per heavy atom. The van der Waals surface area contributed by atoms with Crippen LogP contribution in [0.4, 0.5) is 0 Å². The van der Waals surface area contributed by atoms with Crippen molar-refractivity contribution in [2.75, 3.05) is 6.61 Å². The highest BCUT2D eigenvalue weighted by atomic mass is 16.5. The predicted molar refractivity (Wildman–Crippen MR) is 92.7 cm³/mol. The molecule has 24 heavy (non-hydrogen) atoms.